The van der Waals surface area contributed by atoms with Crippen LogP contribution in [0.2, 0.25) is 0 Å². The summed E-state index contributed by atoms with van der Waals surface area (Å²) in [6.45, 7) is 4.18. The second-order valence-corrected chi connectivity index (χ2v) is 11.0. The minimum Gasteiger partial charge on any atom is -0.344 e. The molecule has 0 heterocycles. The molecule has 0 spiro atoms. The summed E-state index contributed by atoms with van der Waals surface area (Å²) in [6, 6.07) is 17.3. The lowest BCUT2D eigenvalue weighted by Gasteiger charge is -2.28. The molecule has 0 aliphatic carbocycles. The SMILES string of the molecule is CCCC[S+](C)[C@H](C(=O)N(C)C)[C@H](NS(=O)c1ccc(C)cc1)c1ccccc1. The van der Waals surface area contributed by atoms with Crippen molar-refractivity contribution in [3.8, 4) is 0 Å². The normalized spacial score (nSPS) is 15.3. The van der Waals surface area contributed by atoms with Crippen LogP contribution in [0.5, 0.6) is 0 Å². The number of hydrogen-bond donors (Lipinski definition) is 1. The first-order valence-corrected chi connectivity index (χ1v) is 13.0. The molecule has 6 heteroatoms. The summed E-state index contributed by atoms with van der Waals surface area (Å²) in [7, 11) is 2.03. The van der Waals surface area contributed by atoms with E-state index < -0.39 is 11.0 Å². The van der Waals surface area contributed by atoms with E-state index in [0.29, 0.717) is 0 Å². The van der Waals surface area contributed by atoms with Gasteiger partial charge in [-0.3, -0.25) is 4.79 Å². The van der Waals surface area contributed by atoms with E-state index in [-0.39, 0.29) is 28.1 Å². The van der Waals surface area contributed by atoms with Crippen LogP contribution in [-0.2, 0) is 26.7 Å². The number of unbranched alkanes of at least 4 members (excludes halogenated alkanes) is 1. The van der Waals surface area contributed by atoms with Crippen LogP contribution >= 0.6 is 0 Å². The molecule has 2 aromatic rings. The van der Waals surface area contributed by atoms with Crippen molar-refractivity contribution in [2.75, 3.05) is 26.1 Å². The highest BCUT2D eigenvalue weighted by molar-refractivity contribution is 7.97. The van der Waals surface area contributed by atoms with Crippen molar-refractivity contribution < 1.29 is 9.00 Å². The molecule has 2 rings (SSSR count). The summed E-state index contributed by atoms with van der Waals surface area (Å²) in [4.78, 5) is 15.6. The molecule has 158 valence electrons. The Morgan fingerprint density at radius 2 is 1.72 bits per heavy atom. The lowest BCUT2D eigenvalue weighted by molar-refractivity contribution is -0.128. The van der Waals surface area contributed by atoms with Crippen molar-refractivity contribution in [1.29, 1.82) is 0 Å². The number of nitrogens with one attached hydrogen (secondary N) is 1. The first-order chi connectivity index (χ1) is 13.8. The lowest BCUT2D eigenvalue weighted by Crippen LogP contribution is -2.48. The summed E-state index contributed by atoms with van der Waals surface area (Å²) in [5, 5.41) is -0.270. The quantitative estimate of drug-likeness (QED) is 0.579. The number of nitrogens with zero attached hydrogens (tertiary/aromatic N) is 1. The molecular weight excluding hydrogens is 400 g/mol. The molecule has 1 N–H and O–H groups in total. The maximum atomic E-state index is 13.2. The Kier molecular flexibility index (Phi) is 9.40. The van der Waals surface area contributed by atoms with Gasteiger partial charge < -0.3 is 4.90 Å². The first kappa shape index (κ1) is 23.6. The van der Waals surface area contributed by atoms with Gasteiger partial charge in [0.05, 0.1) is 11.2 Å². The van der Waals surface area contributed by atoms with E-state index in [9.17, 15) is 9.00 Å². The van der Waals surface area contributed by atoms with Gasteiger partial charge in [-0.2, -0.15) is 0 Å². The molecule has 0 aliphatic heterocycles. The Labute approximate surface area is 181 Å². The molecule has 0 aromatic heterocycles. The monoisotopic (exact) mass is 433 g/mol. The molecule has 0 bridgehead atoms. The number of carbonyl (C=O) groups is 1. The van der Waals surface area contributed by atoms with E-state index in [4.69, 9.17) is 0 Å². The van der Waals surface area contributed by atoms with Crippen molar-refractivity contribution in [1.82, 2.24) is 9.62 Å². The molecule has 2 unspecified atom stereocenters. The number of aryl methyl sites for hydroxylation is 1. The second-order valence-electron chi connectivity index (χ2n) is 7.49. The number of benzene rings is 2. The Morgan fingerprint density at radius 3 is 2.28 bits per heavy atom. The van der Waals surface area contributed by atoms with Crippen LogP contribution in [0.4, 0.5) is 0 Å². The summed E-state index contributed by atoms with van der Waals surface area (Å²) in [5.41, 5.74) is 2.12. The van der Waals surface area contributed by atoms with Gasteiger partial charge in [-0.1, -0.05) is 61.4 Å². The second kappa shape index (κ2) is 11.5. The van der Waals surface area contributed by atoms with Gasteiger partial charge in [0, 0.05) is 14.1 Å². The van der Waals surface area contributed by atoms with Crippen LogP contribution in [-0.4, -0.2) is 46.4 Å². The predicted octanol–water partition coefficient (Wildman–Crippen LogP) is 3.85. The van der Waals surface area contributed by atoms with Crippen molar-refractivity contribution in [2.24, 2.45) is 0 Å². The van der Waals surface area contributed by atoms with Crippen molar-refractivity contribution >= 4 is 27.8 Å². The molecule has 2 aromatic carbocycles. The van der Waals surface area contributed by atoms with Gasteiger partial charge >= 0.3 is 0 Å². The molecule has 4 nitrogen and oxygen atoms in total. The van der Waals surface area contributed by atoms with E-state index in [1.54, 1.807) is 19.0 Å². The average Bonchev–Trinajstić information content (AvgIpc) is 2.72. The highest BCUT2D eigenvalue weighted by Gasteiger charge is 2.42. The zero-order valence-corrected chi connectivity index (χ0v) is 19.7. The molecule has 0 fully saturated rings. The van der Waals surface area contributed by atoms with Gasteiger partial charge in [0.1, 0.15) is 22.8 Å². The Hall–Kier alpha value is -1.63. The lowest BCUT2D eigenvalue weighted by atomic mass is 10.0. The van der Waals surface area contributed by atoms with Crippen LogP contribution in [0.15, 0.2) is 59.5 Å². The largest absolute Gasteiger partial charge is 0.344 e. The molecule has 0 aliphatic rings. The van der Waals surface area contributed by atoms with E-state index >= 15 is 0 Å². The number of rotatable bonds is 10. The Morgan fingerprint density at radius 1 is 1.10 bits per heavy atom. The van der Waals surface area contributed by atoms with Crippen molar-refractivity contribution in [2.45, 2.75) is 42.9 Å². The highest BCUT2D eigenvalue weighted by atomic mass is 32.2. The topological polar surface area (TPSA) is 49.4 Å². The number of carbonyl (C=O) groups excluding carboxylic acids is 1. The zero-order chi connectivity index (χ0) is 21.4. The molecule has 0 saturated heterocycles. The first-order valence-electron chi connectivity index (χ1n) is 9.97. The fourth-order valence-corrected chi connectivity index (χ4v) is 6.46. The summed E-state index contributed by atoms with van der Waals surface area (Å²) in [5.74, 6) is 1.07. The van der Waals surface area contributed by atoms with Crippen LogP contribution in [0.3, 0.4) is 0 Å². The van der Waals surface area contributed by atoms with Gasteiger partial charge in [0.25, 0.3) is 5.91 Å². The predicted molar refractivity (Wildman–Crippen MR) is 125 cm³/mol. The number of amides is 1. The van der Waals surface area contributed by atoms with Crippen molar-refractivity contribution in [3.05, 3.63) is 65.7 Å². The van der Waals surface area contributed by atoms with Gasteiger partial charge in [0.2, 0.25) is 5.25 Å². The van der Waals surface area contributed by atoms with E-state index in [2.05, 4.69) is 17.9 Å². The van der Waals surface area contributed by atoms with Gasteiger partial charge in [-0.25, -0.2) is 8.93 Å². The molecule has 0 saturated carbocycles. The maximum absolute atomic E-state index is 13.2. The Bertz CT molecular complexity index is 794. The van der Waals surface area contributed by atoms with Crippen LogP contribution in [0.25, 0.3) is 0 Å². The Balaban J connectivity index is 2.41. The molecular formula is C23H33N2O2S2+. The van der Waals surface area contributed by atoms with E-state index in [1.807, 2.05) is 61.5 Å². The fraction of sp³-hybridized carbons (Fsp3) is 0.435. The molecule has 0 radical (unpaired) electrons. The van der Waals surface area contributed by atoms with Crippen molar-refractivity contribution in [3.63, 3.8) is 0 Å². The maximum Gasteiger partial charge on any atom is 0.277 e. The average molecular weight is 434 g/mol. The minimum atomic E-state index is -1.41. The zero-order valence-electron chi connectivity index (χ0n) is 18.1. The van der Waals surface area contributed by atoms with E-state index in [1.165, 1.54) is 0 Å². The standard InChI is InChI=1S/C23H33N2O2S2/c1-6-7-17-28(5)22(23(26)25(3)4)21(19-11-9-8-10-12-19)24-29(27)20-15-13-18(2)14-16-20/h8-16,21-22,24H,6-7,17H2,1-5H3/q+1/t21-,22+,28?,29?/m1/s1. The summed E-state index contributed by atoms with van der Waals surface area (Å²) in [6.07, 6.45) is 4.34. The third-order valence-corrected chi connectivity index (χ3v) is 8.31. The van der Waals surface area contributed by atoms with Crippen LogP contribution in [0.1, 0.15) is 36.9 Å². The number of hydrogen-bond acceptors (Lipinski definition) is 2. The molecule has 4 atom stereocenters. The van der Waals surface area contributed by atoms with Gasteiger partial charge in [0.15, 0.2) is 0 Å². The third-order valence-electron chi connectivity index (χ3n) is 4.87. The van der Waals surface area contributed by atoms with E-state index in [0.717, 1.165) is 34.6 Å². The molecule has 29 heavy (non-hydrogen) atoms. The van der Waals surface area contributed by atoms with Crippen LogP contribution < -0.4 is 4.72 Å². The summed E-state index contributed by atoms with van der Waals surface area (Å²) >= 11 is 0. The summed E-state index contributed by atoms with van der Waals surface area (Å²) < 4.78 is 16.4. The van der Waals surface area contributed by atoms with Gasteiger partial charge in [-0.15, -0.1) is 0 Å². The highest BCUT2D eigenvalue weighted by Crippen LogP contribution is 2.27. The minimum absolute atomic E-state index is 0.0780. The van der Waals surface area contributed by atoms with Crippen LogP contribution in [0, 0.1) is 6.92 Å². The van der Waals surface area contributed by atoms with Gasteiger partial charge in [-0.05, 0) is 41.9 Å². The molecule has 1 amide bonds. The third kappa shape index (κ3) is 6.69. The fourth-order valence-electron chi connectivity index (χ4n) is 3.11. The smallest absolute Gasteiger partial charge is 0.277 e.